The molecule has 6 heteroatoms. The molecule has 0 saturated heterocycles. The van der Waals surface area contributed by atoms with Crippen molar-refractivity contribution < 1.29 is 18.0 Å². The van der Waals surface area contributed by atoms with Crippen molar-refractivity contribution in [3.63, 3.8) is 0 Å². The Hall–Kier alpha value is -1.23. The Balaban J connectivity index is 2.62. The standard InChI is InChI=1S/C9H7ClF3NO/c10-5-1-3-6(4-2-5)14-9(15)7(11)8(12)13/h1-4,7-8H,(H,14,15). The lowest BCUT2D eigenvalue weighted by Gasteiger charge is -2.08. The summed E-state index contributed by atoms with van der Waals surface area (Å²) in [6, 6.07) is 5.68. The van der Waals surface area contributed by atoms with Gasteiger partial charge in [-0.15, -0.1) is 0 Å². The Bertz CT molecular complexity index is 342. The van der Waals surface area contributed by atoms with Crippen LogP contribution in [0.5, 0.6) is 0 Å². The second-order valence-electron chi connectivity index (χ2n) is 2.73. The molecule has 0 aliphatic carbocycles. The minimum Gasteiger partial charge on any atom is -0.323 e. The number of carbonyl (C=O) groups is 1. The smallest absolute Gasteiger partial charge is 0.278 e. The van der Waals surface area contributed by atoms with Crippen LogP contribution in [0.25, 0.3) is 0 Å². The molecular weight excluding hydrogens is 231 g/mol. The van der Waals surface area contributed by atoms with Crippen LogP contribution in [0.3, 0.4) is 0 Å². The van der Waals surface area contributed by atoms with Gasteiger partial charge in [0.25, 0.3) is 12.3 Å². The number of hydrogen-bond donors (Lipinski definition) is 1. The van der Waals surface area contributed by atoms with Crippen molar-refractivity contribution in [1.82, 2.24) is 0 Å². The predicted molar refractivity (Wildman–Crippen MR) is 51.0 cm³/mol. The molecule has 0 heterocycles. The van der Waals surface area contributed by atoms with Crippen molar-refractivity contribution in [3.8, 4) is 0 Å². The number of nitrogens with one attached hydrogen (secondary N) is 1. The first-order chi connectivity index (χ1) is 7.00. The molecule has 1 unspecified atom stereocenters. The molecule has 1 rings (SSSR count). The van der Waals surface area contributed by atoms with Crippen molar-refractivity contribution in [2.24, 2.45) is 0 Å². The van der Waals surface area contributed by atoms with Gasteiger partial charge in [0.05, 0.1) is 0 Å². The molecule has 1 aromatic rings. The van der Waals surface area contributed by atoms with Gasteiger partial charge in [-0.2, -0.15) is 0 Å². The van der Waals surface area contributed by atoms with Crippen molar-refractivity contribution in [2.75, 3.05) is 5.32 Å². The minimum absolute atomic E-state index is 0.215. The fraction of sp³-hybridized carbons (Fsp3) is 0.222. The quantitative estimate of drug-likeness (QED) is 0.861. The summed E-state index contributed by atoms with van der Waals surface area (Å²) < 4.78 is 36.1. The van der Waals surface area contributed by atoms with E-state index in [1.807, 2.05) is 5.32 Å². The molecule has 1 aromatic carbocycles. The number of amides is 1. The lowest BCUT2D eigenvalue weighted by atomic mass is 10.3. The highest BCUT2D eigenvalue weighted by Crippen LogP contribution is 2.15. The average Bonchev–Trinajstić information content (AvgIpc) is 2.20. The molecule has 0 aromatic heterocycles. The summed E-state index contributed by atoms with van der Waals surface area (Å²) in [6.45, 7) is 0. The van der Waals surface area contributed by atoms with E-state index in [4.69, 9.17) is 11.6 Å². The van der Waals surface area contributed by atoms with Crippen LogP contribution in [0.15, 0.2) is 24.3 Å². The topological polar surface area (TPSA) is 29.1 Å². The zero-order valence-electron chi connectivity index (χ0n) is 7.38. The number of alkyl halides is 3. The molecule has 0 fully saturated rings. The Kier molecular flexibility index (Phi) is 3.96. The van der Waals surface area contributed by atoms with E-state index < -0.39 is 18.5 Å². The van der Waals surface area contributed by atoms with E-state index in [9.17, 15) is 18.0 Å². The zero-order chi connectivity index (χ0) is 11.4. The van der Waals surface area contributed by atoms with Gasteiger partial charge in [0.1, 0.15) is 0 Å². The molecule has 0 spiro atoms. The molecule has 0 bridgehead atoms. The highest BCUT2D eigenvalue weighted by molar-refractivity contribution is 6.30. The second kappa shape index (κ2) is 5.02. The van der Waals surface area contributed by atoms with E-state index in [2.05, 4.69) is 0 Å². The van der Waals surface area contributed by atoms with Crippen LogP contribution < -0.4 is 5.32 Å². The highest BCUT2D eigenvalue weighted by Gasteiger charge is 2.27. The molecule has 1 amide bonds. The van der Waals surface area contributed by atoms with Crippen molar-refractivity contribution >= 4 is 23.2 Å². The van der Waals surface area contributed by atoms with Gasteiger partial charge >= 0.3 is 0 Å². The van der Waals surface area contributed by atoms with E-state index in [-0.39, 0.29) is 5.69 Å². The number of rotatable bonds is 3. The largest absolute Gasteiger partial charge is 0.323 e. The van der Waals surface area contributed by atoms with Gasteiger partial charge in [-0.1, -0.05) is 11.6 Å². The van der Waals surface area contributed by atoms with Crippen molar-refractivity contribution in [3.05, 3.63) is 29.3 Å². The Morgan fingerprint density at radius 1 is 1.20 bits per heavy atom. The van der Waals surface area contributed by atoms with Gasteiger partial charge in [0.15, 0.2) is 0 Å². The summed E-state index contributed by atoms with van der Waals surface area (Å²) in [7, 11) is 0. The Morgan fingerprint density at radius 2 is 1.73 bits per heavy atom. The van der Waals surface area contributed by atoms with Crippen LogP contribution in [0.1, 0.15) is 0 Å². The van der Waals surface area contributed by atoms with Crippen molar-refractivity contribution in [2.45, 2.75) is 12.6 Å². The second-order valence-corrected chi connectivity index (χ2v) is 3.17. The number of anilines is 1. The van der Waals surface area contributed by atoms with Crippen LogP contribution in [-0.2, 0) is 4.79 Å². The molecule has 0 radical (unpaired) electrons. The number of carbonyl (C=O) groups excluding carboxylic acids is 1. The first-order valence-corrected chi connectivity index (χ1v) is 4.37. The van der Waals surface area contributed by atoms with Gasteiger partial charge in [0, 0.05) is 10.7 Å². The van der Waals surface area contributed by atoms with E-state index >= 15 is 0 Å². The lowest BCUT2D eigenvalue weighted by Crippen LogP contribution is -2.29. The van der Waals surface area contributed by atoms with Gasteiger partial charge in [-0.3, -0.25) is 4.79 Å². The van der Waals surface area contributed by atoms with E-state index in [1.165, 1.54) is 24.3 Å². The van der Waals surface area contributed by atoms with Gasteiger partial charge in [-0.25, -0.2) is 13.2 Å². The molecule has 0 aliphatic rings. The highest BCUT2D eigenvalue weighted by atomic mass is 35.5. The predicted octanol–water partition coefficient (Wildman–Crippen LogP) is 2.88. The van der Waals surface area contributed by atoms with Crippen LogP contribution >= 0.6 is 11.6 Å². The molecule has 2 nitrogen and oxygen atoms in total. The SMILES string of the molecule is O=C(Nc1ccc(Cl)cc1)C(F)C(F)F. The number of hydrogen-bond acceptors (Lipinski definition) is 1. The van der Waals surface area contributed by atoms with Gasteiger partial charge < -0.3 is 5.32 Å². The normalized spacial score (nSPS) is 12.6. The molecule has 82 valence electrons. The Morgan fingerprint density at radius 3 is 2.20 bits per heavy atom. The fourth-order valence-electron chi connectivity index (χ4n) is 0.859. The van der Waals surface area contributed by atoms with Gasteiger partial charge in [0.2, 0.25) is 6.17 Å². The number of halogens is 4. The number of benzene rings is 1. The molecular formula is C9H7ClF3NO. The maximum Gasteiger partial charge on any atom is 0.278 e. The zero-order valence-corrected chi connectivity index (χ0v) is 8.14. The molecule has 0 saturated carbocycles. The van der Waals surface area contributed by atoms with Crippen molar-refractivity contribution in [1.29, 1.82) is 0 Å². The summed E-state index contributed by atoms with van der Waals surface area (Å²) in [5, 5.41) is 2.43. The molecule has 1 atom stereocenters. The maximum absolute atomic E-state index is 12.5. The first kappa shape index (κ1) is 11.8. The molecule has 0 aliphatic heterocycles. The third-order valence-electron chi connectivity index (χ3n) is 1.58. The van der Waals surface area contributed by atoms with E-state index in [0.29, 0.717) is 5.02 Å². The minimum atomic E-state index is -3.32. The summed E-state index contributed by atoms with van der Waals surface area (Å²) in [5.41, 5.74) is 0.215. The average molecular weight is 238 g/mol. The molecule has 1 N–H and O–H groups in total. The van der Waals surface area contributed by atoms with E-state index in [0.717, 1.165) is 0 Å². The van der Waals surface area contributed by atoms with Crippen LogP contribution in [-0.4, -0.2) is 18.5 Å². The summed E-state index contributed by atoms with van der Waals surface area (Å²) >= 11 is 5.55. The monoisotopic (exact) mass is 237 g/mol. The van der Waals surface area contributed by atoms with Crippen LogP contribution in [0.2, 0.25) is 5.02 Å². The van der Waals surface area contributed by atoms with Crippen LogP contribution in [0.4, 0.5) is 18.9 Å². The lowest BCUT2D eigenvalue weighted by molar-refractivity contribution is -0.125. The summed E-state index contributed by atoms with van der Waals surface area (Å²) in [6.07, 6.45) is -6.14. The molecule has 15 heavy (non-hydrogen) atoms. The maximum atomic E-state index is 12.5. The third kappa shape index (κ3) is 3.43. The van der Waals surface area contributed by atoms with Crippen LogP contribution in [0, 0.1) is 0 Å². The third-order valence-corrected chi connectivity index (χ3v) is 1.84. The Labute approximate surface area is 89.0 Å². The fourth-order valence-corrected chi connectivity index (χ4v) is 0.985. The first-order valence-electron chi connectivity index (χ1n) is 3.99. The van der Waals surface area contributed by atoms with Gasteiger partial charge in [-0.05, 0) is 24.3 Å². The summed E-state index contributed by atoms with van der Waals surface area (Å²) in [5.74, 6) is -1.37. The summed E-state index contributed by atoms with van der Waals surface area (Å²) in [4.78, 5) is 10.8. The van der Waals surface area contributed by atoms with E-state index in [1.54, 1.807) is 0 Å².